The van der Waals surface area contributed by atoms with Gasteiger partial charge in [0.15, 0.2) is 0 Å². The van der Waals surface area contributed by atoms with Crippen molar-refractivity contribution in [1.29, 1.82) is 0 Å². The molecule has 1 heterocycles. The minimum absolute atomic E-state index is 0.0423. The maximum atomic E-state index is 13.9. The number of likely N-dealkylation sites (tertiary alicyclic amines) is 1. The lowest BCUT2D eigenvalue weighted by molar-refractivity contribution is -0.0158. The number of ether oxygens (including phenoxy) is 1. The zero-order valence-corrected chi connectivity index (χ0v) is 23.8. The molecule has 5 nitrogen and oxygen atoms in total. The third kappa shape index (κ3) is 6.62. The highest BCUT2D eigenvalue weighted by molar-refractivity contribution is 5.75. The minimum atomic E-state index is 0.0423. The molecule has 1 N–H and O–H groups in total. The van der Waals surface area contributed by atoms with Crippen molar-refractivity contribution in [2.24, 2.45) is 17.8 Å². The fourth-order valence-electron chi connectivity index (χ4n) is 8.43. The second-order valence-corrected chi connectivity index (χ2v) is 13.2. The van der Waals surface area contributed by atoms with E-state index in [9.17, 15) is 4.79 Å². The van der Waals surface area contributed by atoms with Crippen LogP contribution in [0.15, 0.2) is 54.6 Å². The van der Waals surface area contributed by atoms with Gasteiger partial charge in [0.1, 0.15) is 12.4 Å². The molecule has 2 aromatic carbocycles. The molecular weight excluding hydrogens is 482 g/mol. The molecule has 5 aliphatic rings. The molecule has 1 aliphatic heterocycles. The first-order valence-electron chi connectivity index (χ1n) is 15.6. The SMILES string of the molecule is CC1CCCCN1CCCN(Cc1ccc(OCc2ccccc2)cc1)C(=O)NC12CC3CC(CC(C3)C1)C2. The lowest BCUT2D eigenvalue weighted by Crippen LogP contribution is -2.61. The Balaban J connectivity index is 1.09. The molecule has 210 valence electrons. The van der Waals surface area contributed by atoms with Gasteiger partial charge in [0.25, 0.3) is 0 Å². The lowest BCUT2D eigenvalue weighted by Gasteiger charge is -2.57. The fraction of sp³-hybridized carbons (Fsp3) is 0.618. The number of rotatable bonds is 10. The van der Waals surface area contributed by atoms with E-state index in [4.69, 9.17) is 4.74 Å². The van der Waals surface area contributed by atoms with Gasteiger partial charge in [-0.3, -0.25) is 0 Å². The average molecular weight is 530 g/mol. The Morgan fingerprint density at radius 3 is 2.31 bits per heavy atom. The van der Waals surface area contributed by atoms with Gasteiger partial charge in [-0.15, -0.1) is 0 Å². The molecule has 2 aromatic rings. The van der Waals surface area contributed by atoms with Gasteiger partial charge >= 0.3 is 6.03 Å². The Hall–Kier alpha value is -2.53. The summed E-state index contributed by atoms with van der Waals surface area (Å²) in [6, 6.07) is 19.4. The molecular formula is C34H47N3O2. The summed E-state index contributed by atoms with van der Waals surface area (Å²) in [7, 11) is 0. The number of amides is 2. The van der Waals surface area contributed by atoms with E-state index < -0.39 is 0 Å². The summed E-state index contributed by atoms with van der Waals surface area (Å²) in [5.74, 6) is 3.35. The highest BCUT2D eigenvalue weighted by Gasteiger charge is 2.51. The summed E-state index contributed by atoms with van der Waals surface area (Å²) in [6.45, 7) is 6.65. The summed E-state index contributed by atoms with van der Waals surface area (Å²) in [6.07, 6.45) is 12.7. The van der Waals surface area contributed by atoms with Crippen LogP contribution in [-0.4, -0.2) is 47.0 Å². The van der Waals surface area contributed by atoms with Crippen molar-refractivity contribution in [2.75, 3.05) is 19.6 Å². The molecule has 0 aromatic heterocycles. The van der Waals surface area contributed by atoms with Crippen LogP contribution in [0.5, 0.6) is 5.75 Å². The van der Waals surface area contributed by atoms with Crippen LogP contribution in [0.3, 0.4) is 0 Å². The predicted molar refractivity (Wildman–Crippen MR) is 157 cm³/mol. The van der Waals surface area contributed by atoms with Gasteiger partial charge < -0.3 is 19.9 Å². The van der Waals surface area contributed by atoms with Gasteiger partial charge in [-0.2, -0.15) is 0 Å². The predicted octanol–water partition coefficient (Wildman–Crippen LogP) is 7.01. The van der Waals surface area contributed by atoms with E-state index in [0.717, 1.165) is 54.1 Å². The van der Waals surface area contributed by atoms with E-state index in [-0.39, 0.29) is 11.6 Å². The van der Waals surface area contributed by atoms with Gasteiger partial charge in [-0.05, 0) is 112 Å². The van der Waals surface area contributed by atoms with E-state index in [0.29, 0.717) is 19.2 Å². The zero-order chi connectivity index (χ0) is 26.7. The van der Waals surface area contributed by atoms with E-state index in [1.807, 2.05) is 30.3 Å². The van der Waals surface area contributed by atoms with Gasteiger partial charge in [-0.1, -0.05) is 48.9 Å². The van der Waals surface area contributed by atoms with Gasteiger partial charge in [0, 0.05) is 31.2 Å². The van der Waals surface area contributed by atoms with E-state index in [1.54, 1.807) is 0 Å². The maximum Gasteiger partial charge on any atom is 0.318 e. The van der Waals surface area contributed by atoms with E-state index >= 15 is 0 Å². The Kier molecular flexibility index (Phi) is 8.15. The Morgan fingerprint density at radius 1 is 0.949 bits per heavy atom. The molecule has 0 spiro atoms. The number of nitrogens with one attached hydrogen (secondary N) is 1. The monoisotopic (exact) mass is 529 g/mol. The topological polar surface area (TPSA) is 44.8 Å². The molecule has 4 aliphatic carbocycles. The second-order valence-electron chi connectivity index (χ2n) is 13.2. The van der Waals surface area contributed by atoms with Crippen molar-refractivity contribution in [2.45, 2.75) is 95.9 Å². The molecule has 0 radical (unpaired) electrons. The average Bonchev–Trinajstić information content (AvgIpc) is 2.92. The highest BCUT2D eigenvalue weighted by Crippen LogP contribution is 2.55. The summed E-state index contributed by atoms with van der Waals surface area (Å²) in [4.78, 5) is 18.6. The molecule has 7 rings (SSSR count). The molecule has 5 fully saturated rings. The van der Waals surface area contributed by atoms with Gasteiger partial charge in [-0.25, -0.2) is 4.79 Å². The number of hydrogen-bond acceptors (Lipinski definition) is 3. The standard InChI is InChI=1S/C34H47N3O2/c1-26-8-5-6-15-36(26)16-7-17-37(33(38)35-34-21-29-18-30(22-34)20-31(19-29)23-34)24-27-11-13-32(14-12-27)39-25-28-9-3-2-4-10-28/h2-4,9-14,26,29-31H,5-8,15-25H2,1H3,(H,35,38). The summed E-state index contributed by atoms with van der Waals surface area (Å²) in [5, 5.41) is 3.64. The first-order valence-corrected chi connectivity index (χ1v) is 15.6. The van der Waals surface area contributed by atoms with Gasteiger partial charge in [0.2, 0.25) is 0 Å². The van der Waals surface area contributed by atoms with Crippen molar-refractivity contribution in [1.82, 2.24) is 15.1 Å². The van der Waals surface area contributed by atoms with Crippen LogP contribution in [0.4, 0.5) is 4.79 Å². The number of hydrogen-bond donors (Lipinski definition) is 1. The van der Waals surface area contributed by atoms with Crippen LogP contribution < -0.4 is 10.1 Å². The van der Waals surface area contributed by atoms with Crippen LogP contribution in [0.1, 0.15) is 82.3 Å². The zero-order valence-electron chi connectivity index (χ0n) is 23.8. The summed E-state index contributed by atoms with van der Waals surface area (Å²) in [5.41, 5.74) is 2.37. The third-order valence-electron chi connectivity index (χ3n) is 10.1. The molecule has 5 heteroatoms. The molecule has 4 saturated carbocycles. The number of urea groups is 1. The fourth-order valence-corrected chi connectivity index (χ4v) is 8.43. The molecule has 1 unspecified atom stereocenters. The number of carbonyl (C=O) groups excluding carboxylic acids is 1. The normalized spacial score (nSPS) is 29.8. The van der Waals surface area contributed by atoms with Crippen molar-refractivity contribution < 1.29 is 9.53 Å². The largest absolute Gasteiger partial charge is 0.489 e. The lowest BCUT2D eigenvalue weighted by atomic mass is 9.53. The highest BCUT2D eigenvalue weighted by atomic mass is 16.5. The Morgan fingerprint density at radius 2 is 1.64 bits per heavy atom. The van der Waals surface area contributed by atoms with Crippen LogP contribution in [0.25, 0.3) is 0 Å². The first-order chi connectivity index (χ1) is 19.0. The van der Waals surface area contributed by atoms with Crippen LogP contribution in [0, 0.1) is 17.8 Å². The summed E-state index contributed by atoms with van der Waals surface area (Å²) >= 11 is 0. The molecule has 4 bridgehead atoms. The second kappa shape index (κ2) is 11.9. The Bertz CT molecular complexity index is 1050. The number of benzene rings is 2. The molecule has 1 saturated heterocycles. The number of carbonyl (C=O) groups is 1. The molecule has 39 heavy (non-hydrogen) atoms. The van der Waals surface area contributed by atoms with Crippen LogP contribution in [0.2, 0.25) is 0 Å². The van der Waals surface area contributed by atoms with Crippen molar-refractivity contribution >= 4 is 6.03 Å². The van der Waals surface area contributed by atoms with Crippen molar-refractivity contribution in [3.05, 3.63) is 65.7 Å². The van der Waals surface area contributed by atoms with Gasteiger partial charge in [0.05, 0.1) is 0 Å². The van der Waals surface area contributed by atoms with Crippen molar-refractivity contribution in [3.8, 4) is 5.75 Å². The third-order valence-corrected chi connectivity index (χ3v) is 10.1. The molecule has 2 amide bonds. The quantitative estimate of drug-likeness (QED) is 0.360. The summed E-state index contributed by atoms with van der Waals surface area (Å²) < 4.78 is 6.00. The molecule has 1 atom stereocenters. The first kappa shape index (κ1) is 26.7. The van der Waals surface area contributed by atoms with Crippen LogP contribution >= 0.6 is 0 Å². The maximum absolute atomic E-state index is 13.9. The van der Waals surface area contributed by atoms with Crippen LogP contribution in [-0.2, 0) is 13.2 Å². The number of nitrogens with zero attached hydrogens (tertiary/aromatic N) is 2. The Labute approximate surface area is 235 Å². The minimum Gasteiger partial charge on any atom is -0.489 e. The smallest absolute Gasteiger partial charge is 0.318 e. The number of piperidine rings is 1. The van der Waals surface area contributed by atoms with Crippen molar-refractivity contribution in [3.63, 3.8) is 0 Å². The van der Waals surface area contributed by atoms with E-state index in [1.165, 1.54) is 64.3 Å². The van der Waals surface area contributed by atoms with E-state index in [2.05, 4.69) is 46.3 Å².